The Morgan fingerprint density at radius 3 is 2.23 bits per heavy atom. The summed E-state index contributed by atoms with van der Waals surface area (Å²) in [5, 5.41) is 14.5. The molecule has 9 heteroatoms. The number of halogens is 1. The van der Waals surface area contributed by atoms with E-state index in [2.05, 4.69) is 10.6 Å². The van der Waals surface area contributed by atoms with Crippen LogP contribution in [0.5, 0.6) is 0 Å². The smallest absolute Gasteiger partial charge is 0.407 e. The van der Waals surface area contributed by atoms with Gasteiger partial charge in [0, 0.05) is 16.6 Å². The van der Waals surface area contributed by atoms with Crippen molar-refractivity contribution in [1.82, 2.24) is 5.32 Å². The number of methoxy groups -OCH3 is 1. The van der Waals surface area contributed by atoms with Gasteiger partial charge in [-0.15, -0.1) is 0 Å². The molecule has 4 rings (SSSR count). The summed E-state index contributed by atoms with van der Waals surface area (Å²) < 4.78 is 11.3. The number of carbonyl (C=O) groups excluding carboxylic acids is 2. The Kier molecular flexibility index (Phi) is 7.67. The van der Waals surface area contributed by atoms with Crippen LogP contribution in [0.15, 0.2) is 66.7 Å². The molecule has 0 aliphatic heterocycles. The van der Waals surface area contributed by atoms with E-state index in [0.29, 0.717) is 3.57 Å². The normalized spacial score (nSPS) is 12.9. The van der Waals surface area contributed by atoms with Gasteiger partial charge in [-0.25, -0.2) is 9.59 Å². The van der Waals surface area contributed by atoms with E-state index < -0.39 is 24.0 Å². The van der Waals surface area contributed by atoms with Gasteiger partial charge in [0.1, 0.15) is 12.6 Å². The Bertz CT molecular complexity index is 1230. The fourth-order valence-electron chi connectivity index (χ4n) is 4.15. The fourth-order valence-corrected chi connectivity index (χ4v) is 4.65. The molecule has 0 radical (unpaired) electrons. The number of aromatic carboxylic acids is 1. The number of amides is 2. The monoisotopic (exact) mass is 586 g/mol. The van der Waals surface area contributed by atoms with Crippen LogP contribution in [0.3, 0.4) is 0 Å². The van der Waals surface area contributed by atoms with Crippen molar-refractivity contribution < 1.29 is 29.0 Å². The second-order valence-corrected chi connectivity index (χ2v) is 9.21. The molecule has 0 spiro atoms. The van der Waals surface area contributed by atoms with Gasteiger partial charge < -0.3 is 25.2 Å². The first-order valence-electron chi connectivity index (χ1n) is 10.8. The zero-order valence-corrected chi connectivity index (χ0v) is 20.9. The maximum Gasteiger partial charge on any atom is 0.407 e. The summed E-state index contributed by atoms with van der Waals surface area (Å²) in [4.78, 5) is 37.0. The highest BCUT2D eigenvalue weighted by molar-refractivity contribution is 14.1. The van der Waals surface area contributed by atoms with Crippen LogP contribution in [0.2, 0.25) is 0 Å². The molecule has 1 aliphatic carbocycles. The van der Waals surface area contributed by atoms with E-state index in [1.807, 2.05) is 71.1 Å². The molecule has 0 saturated carbocycles. The number of nitrogens with one attached hydrogen (secondary N) is 2. The first kappa shape index (κ1) is 24.7. The molecular formula is C26H23IN2O6. The maximum absolute atomic E-state index is 12.8. The number of fused-ring (bicyclic) bond motifs is 3. The van der Waals surface area contributed by atoms with Crippen molar-refractivity contribution in [3.63, 3.8) is 0 Å². The number of hydrogen-bond donors (Lipinski definition) is 3. The summed E-state index contributed by atoms with van der Waals surface area (Å²) in [7, 11) is 1.40. The van der Waals surface area contributed by atoms with Gasteiger partial charge in [-0.1, -0.05) is 48.5 Å². The lowest BCUT2D eigenvalue weighted by atomic mass is 9.98. The standard InChI is InChI=1S/C26H23IN2O6/c1-34-14-23(24(30)28-22-11-10-15(27)12-20(22)25(31)32)29-26(33)35-13-21-18-8-4-2-6-16(18)17-7-3-5-9-19(17)21/h2-12,21,23H,13-14H2,1H3,(H,28,30)(H,29,33)(H,31,32)/t23-/m0/s1. The summed E-state index contributed by atoms with van der Waals surface area (Å²) in [6.07, 6.45) is -0.773. The van der Waals surface area contributed by atoms with Crippen LogP contribution < -0.4 is 10.6 Å². The molecule has 0 heterocycles. The number of ether oxygens (including phenoxy) is 2. The molecule has 0 aromatic heterocycles. The Hall–Kier alpha value is -3.44. The number of hydrogen-bond acceptors (Lipinski definition) is 5. The van der Waals surface area contributed by atoms with E-state index in [-0.39, 0.29) is 30.4 Å². The van der Waals surface area contributed by atoms with Crippen molar-refractivity contribution >= 4 is 46.2 Å². The highest BCUT2D eigenvalue weighted by Gasteiger charge is 2.30. The summed E-state index contributed by atoms with van der Waals surface area (Å²) in [6, 6.07) is 19.5. The third-order valence-electron chi connectivity index (χ3n) is 5.76. The van der Waals surface area contributed by atoms with E-state index in [1.165, 1.54) is 19.2 Å². The van der Waals surface area contributed by atoms with Gasteiger partial charge in [-0.05, 0) is 63.0 Å². The van der Waals surface area contributed by atoms with Gasteiger partial charge in [0.2, 0.25) is 5.91 Å². The highest BCUT2D eigenvalue weighted by atomic mass is 127. The largest absolute Gasteiger partial charge is 0.478 e. The lowest BCUT2D eigenvalue weighted by Crippen LogP contribution is -2.47. The number of benzene rings is 3. The minimum atomic E-state index is -1.17. The molecule has 3 N–H and O–H groups in total. The van der Waals surface area contributed by atoms with Crippen molar-refractivity contribution in [3.8, 4) is 11.1 Å². The quantitative estimate of drug-likeness (QED) is 0.336. The predicted molar refractivity (Wildman–Crippen MR) is 139 cm³/mol. The molecule has 0 unspecified atom stereocenters. The maximum atomic E-state index is 12.8. The summed E-state index contributed by atoms with van der Waals surface area (Å²) in [6.45, 7) is -0.0235. The van der Waals surface area contributed by atoms with Gasteiger partial charge in [-0.2, -0.15) is 0 Å². The van der Waals surface area contributed by atoms with Gasteiger partial charge in [0.05, 0.1) is 17.9 Å². The Morgan fingerprint density at radius 2 is 1.63 bits per heavy atom. The van der Waals surface area contributed by atoms with Gasteiger partial charge >= 0.3 is 12.1 Å². The van der Waals surface area contributed by atoms with Gasteiger partial charge in [-0.3, -0.25) is 4.79 Å². The average molecular weight is 586 g/mol. The topological polar surface area (TPSA) is 114 Å². The number of carboxylic acid groups (broad SMARTS) is 1. The van der Waals surface area contributed by atoms with Crippen molar-refractivity contribution in [2.75, 3.05) is 25.6 Å². The van der Waals surface area contributed by atoms with Crippen molar-refractivity contribution in [3.05, 3.63) is 87.0 Å². The third-order valence-corrected chi connectivity index (χ3v) is 6.43. The molecule has 3 aromatic rings. The van der Waals surface area contributed by atoms with Crippen LogP contribution in [0.4, 0.5) is 10.5 Å². The molecule has 3 aromatic carbocycles. The summed E-state index contributed by atoms with van der Waals surface area (Å²) >= 11 is 1.99. The number of carbonyl (C=O) groups is 3. The molecule has 0 saturated heterocycles. The SMILES string of the molecule is COC[C@H](NC(=O)OCC1c2ccccc2-c2ccccc21)C(=O)Nc1ccc(I)cc1C(=O)O. The van der Waals surface area contributed by atoms with Crippen LogP contribution in [-0.2, 0) is 14.3 Å². The molecule has 0 fully saturated rings. The zero-order chi connectivity index (χ0) is 24.9. The molecular weight excluding hydrogens is 563 g/mol. The second-order valence-electron chi connectivity index (χ2n) is 7.96. The zero-order valence-electron chi connectivity index (χ0n) is 18.8. The van der Waals surface area contributed by atoms with E-state index in [1.54, 1.807) is 6.07 Å². The fraction of sp³-hybridized carbons (Fsp3) is 0.192. The van der Waals surface area contributed by atoms with E-state index in [0.717, 1.165) is 22.3 Å². The van der Waals surface area contributed by atoms with Crippen molar-refractivity contribution in [2.45, 2.75) is 12.0 Å². The number of alkyl carbamates (subject to hydrolysis) is 1. The Labute approximate surface area is 215 Å². The lowest BCUT2D eigenvalue weighted by molar-refractivity contribution is -0.119. The molecule has 8 nitrogen and oxygen atoms in total. The van der Waals surface area contributed by atoms with Crippen LogP contribution in [-0.4, -0.2) is 49.4 Å². The van der Waals surface area contributed by atoms with Gasteiger partial charge in [0.25, 0.3) is 0 Å². The Morgan fingerprint density at radius 1 is 1.00 bits per heavy atom. The lowest BCUT2D eigenvalue weighted by Gasteiger charge is -2.19. The van der Waals surface area contributed by atoms with Crippen LogP contribution in [0.25, 0.3) is 11.1 Å². The molecule has 0 bridgehead atoms. The molecule has 35 heavy (non-hydrogen) atoms. The minimum absolute atomic E-state index is 0.0532. The molecule has 1 atom stereocenters. The van der Waals surface area contributed by atoms with Gasteiger partial charge in [0.15, 0.2) is 0 Å². The van der Waals surface area contributed by atoms with Crippen LogP contribution in [0, 0.1) is 3.57 Å². The van der Waals surface area contributed by atoms with Crippen molar-refractivity contribution in [2.24, 2.45) is 0 Å². The first-order chi connectivity index (χ1) is 16.9. The summed E-state index contributed by atoms with van der Waals surface area (Å²) in [5.41, 5.74) is 4.45. The predicted octanol–water partition coefficient (Wildman–Crippen LogP) is 4.48. The molecule has 180 valence electrons. The second kappa shape index (κ2) is 10.9. The minimum Gasteiger partial charge on any atom is -0.478 e. The third kappa shape index (κ3) is 5.46. The molecule has 1 aliphatic rings. The summed E-state index contributed by atoms with van der Waals surface area (Å²) in [5.74, 6) is -1.91. The number of carboxylic acids is 1. The average Bonchev–Trinajstić information content (AvgIpc) is 3.17. The van der Waals surface area contributed by atoms with E-state index in [9.17, 15) is 19.5 Å². The Balaban J connectivity index is 1.43. The van der Waals surface area contributed by atoms with E-state index >= 15 is 0 Å². The van der Waals surface area contributed by atoms with Crippen LogP contribution >= 0.6 is 22.6 Å². The van der Waals surface area contributed by atoms with Crippen LogP contribution in [0.1, 0.15) is 27.4 Å². The van der Waals surface area contributed by atoms with Crippen molar-refractivity contribution in [1.29, 1.82) is 0 Å². The number of rotatable bonds is 8. The van der Waals surface area contributed by atoms with E-state index in [4.69, 9.17) is 9.47 Å². The molecule has 2 amide bonds. The highest BCUT2D eigenvalue weighted by Crippen LogP contribution is 2.44. The first-order valence-corrected chi connectivity index (χ1v) is 11.9. The number of anilines is 1.